The fraction of sp³-hybridized carbons (Fsp3) is 0.136. The molecule has 0 unspecified atom stereocenters. The second-order valence-corrected chi connectivity index (χ2v) is 7.00. The summed E-state index contributed by atoms with van der Waals surface area (Å²) in [6.45, 7) is 0. The van der Waals surface area contributed by atoms with Crippen LogP contribution in [-0.2, 0) is 11.2 Å². The fourth-order valence-corrected chi connectivity index (χ4v) is 3.85. The summed E-state index contributed by atoms with van der Waals surface area (Å²) < 4.78 is 47.8. The molecule has 0 bridgehead atoms. The topological polar surface area (TPSA) is 29.5 Å². The molecule has 1 amide bonds. The van der Waals surface area contributed by atoms with Gasteiger partial charge in [0.05, 0.1) is 17.8 Å². The Kier molecular flexibility index (Phi) is 4.96. The second kappa shape index (κ2) is 7.44. The summed E-state index contributed by atoms with van der Waals surface area (Å²) in [5.74, 6) is -2.26. The largest absolute Gasteiger partial charge is 0.497 e. The van der Waals surface area contributed by atoms with Gasteiger partial charge in [-0.3, -0.25) is 9.69 Å². The van der Waals surface area contributed by atoms with Gasteiger partial charge in [-0.1, -0.05) is 17.7 Å². The molecule has 3 nitrogen and oxygen atoms in total. The number of methoxy groups -OCH3 is 1. The number of hydrogen-bond acceptors (Lipinski definition) is 2. The van der Waals surface area contributed by atoms with Crippen LogP contribution in [0.1, 0.15) is 12.0 Å². The summed E-state index contributed by atoms with van der Waals surface area (Å²) in [6, 6.07) is 10.7. The highest BCUT2D eigenvalue weighted by Crippen LogP contribution is 2.45. The maximum Gasteiger partial charge on any atom is 0.232 e. The Hall–Kier alpha value is -2.99. The summed E-state index contributed by atoms with van der Waals surface area (Å²) >= 11 is 6.25. The molecule has 1 aliphatic rings. The van der Waals surface area contributed by atoms with E-state index in [1.54, 1.807) is 12.1 Å². The fourth-order valence-electron chi connectivity index (χ4n) is 3.59. The van der Waals surface area contributed by atoms with E-state index in [0.29, 0.717) is 34.5 Å². The monoisotopic (exact) mass is 417 g/mol. The summed E-state index contributed by atoms with van der Waals surface area (Å²) in [5, 5.41) is 0.181. The first-order valence-electron chi connectivity index (χ1n) is 8.84. The Morgan fingerprint density at radius 3 is 2.34 bits per heavy atom. The molecule has 7 heteroatoms. The molecule has 3 aromatic carbocycles. The van der Waals surface area contributed by atoms with Crippen molar-refractivity contribution in [3.05, 3.63) is 76.6 Å². The van der Waals surface area contributed by atoms with Crippen LogP contribution in [0, 0.1) is 17.5 Å². The molecule has 4 rings (SSSR count). The Labute approximate surface area is 170 Å². The lowest BCUT2D eigenvalue weighted by atomic mass is 9.91. The molecule has 0 aliphatic carbocycles. The van der Waals surface area contributed by atoms with Crippen LogP contribution in [-0.4, -0.2) is 13.0 Å². The summed E-state index contributed by atoms with van der Waals surface area (Å²) in [6.07, 6.45) is 0.396. The number of benzene rings is 3. The van der Waals surface area contributed by atoms with Gasteiger partial charge >= 0.3 is 0 Å². The molecule has 0 aromatic heterocycles. The Morgan fingerprint density at radius 1 is 0.966 bits per heavy atom. The first-order valence-corrected chi connectivity index (χ1v) is 9.22. The van der Waals surface area contributed by atoms with E-state index in [1.165, 1.54) is 31.4 Å². The molecule has 148 valence electrons. The molecule has 0 saturated carbocycles. The van der Waals surface area contributed by atoms with E-state index >= 15 is 0 Å². The number of carbonyl (C=O) groups excluding carboxylic acids is 1. The molecule has 0 N–H and O–H groups in total. The molecular weight excluding hydrogens is 403 g/mol. The second-order valence-electron chi connectivity index (χ2n) is 6.60. The third-order valence-corrected chi connectivity index (χ3v) is 5.21. The van der Waals surface area contributed by atoms with Crippen LogP contribution in [0.2, 0.25) is 5.02 Å². The highest BCUT2D eigenvalue weighted by Gasteiger charge is 2.32. The third-order valence-electron chi connectivity index (χ3n) is 4.90. The minimum absolute atomic E-state index is 0.0545. The number of carbonyl (C=O) groups is 1. The van der Waals surface area contributed by atoms with Crippen molar-refractivity contribution in [2.24, 2.45) is 0 Å². The Balaban J connectivity index is 2.00. The lowest BCUT2D eigenvalue weighted by molar-refractivity contribution is -0.118. The van der Waals surface area contributed by atoms with Crippen LogP contribution < -0.4 is 9.64 Å². The van der Waals surface area contributed by atoms with Gasteiger partial charge in [-0.2, -0.15) is 0 Å². The number of hydrogen-bond donors (Lipinski definition) is 0. The molecule has 0 saturated heterocycles. The highest BCUT2D eigenvalue weighted by molar-refractivity contribution is 6.33. The van der Waals surface area contributed by atoms with E-state index < -0.39 is 29.0 Å². The predicted molar refractivity (Wildman–Crippen MR) is 105 cm³/mol. The summed E-state index contributed by atoms with van der Waals surface area (Å²) in [4.78, 5) is 13.7. The number of halogens is 4. The average Bonchev–Trinajstić information content (AvgIpc) is 2.68. The van der Waals surface area contributed by atoms with Crippen molar-refractivity contribution in [3.8, 4) is 16.9 Å². The zero-order valence-electron chi connectivity index (χ0n) is 15.3. The molecule has 1 aliphatic heterocycles. The lowest BCUT2D eigenvalue weighted by Gasteiger charge is -2.32. The van der Waals surface area contributed by atoms with E-state index in [9.17, 15) is 18.0 Å². The van der Waals surface area contributed by atoms with Crippen LogP contribution in [0.4, 0.5) is 24.5 Å². The zero-order chi connectivity index (χ0) is 20.7. The van der Waals surface area contributed by atoms with E-state index in [2.05, 4.69) is 0 Å². The van der Waals surface area contributed by atoms with Crippen molar-refractivity contribution in [1.82, 2.24) is 0 Å². The van der Waals surface area contributed by atoms with E-state index in [1.807, 2.05) is 0 Å². The van der Waals surface area contributed by atoms with Gasteiger partial charge in [0.2, 0.25) is 5.91 Å². The number of rotatable bonds is 3. The Morgan fingerprint density at radius 2 is 1.69 bits per heavy atom. The number of anilines is 2. The zero-order valence-corrected chi connectivity index (χ0v) is 16.1. The van der Waals surface area contributed by atoms with Crippen molar-refractivity contribution in [3.63, 3.8) is 0 Å². The van der Waals surface area contributed by atoms with Crippen molar-refractivity contribution >= 4 is 28.9 Å². The van der Waals surface area contributed by atoms with Gasteiger partial charge in [0, 0.05) is 18.1 Å². The van der Waals surface area contributed by atoms with Crippen LogP contribution in [0.15, 0.2) is 48.5 Å². The molecular formula is C22H15ClF3NO2. The SMILES string of the molecule is COc1cc(-c2ccc(F)cc2Cl)c2c(c1)N(c1c(F)cccc1F)C(=O)CC2. The number of fused-ring (bicyclic) bond motifs is 1. The van der Waals surface area contributed by atoms with Crippen molar-refractivity contribution in [2.45, 2.75) is 12.8 Å². The van der Waals surface area contributed by atoms with Gasteiger partial charge in [0.25, 0.3) is 0 Å². The first kappa shape index (κ1) is 19.3. The van der Waals surface area contributed by atoms with Crippen LogP contribution in [0.3, 0.4) is 0 Å². The first-order chi connectivity index (χ1) is 13.9. The molecule has 0 fully saturated rings. The lowest BCUT2D eigenvalue weighted by Crippen LogP contribution is -2.32. The van der Waals surface area contributed by atoms with Crippen molar-refractivity contribution < 1.29 is 22.7 Å². The predicted octanol–water partition coefficient (Wildman–Crippen LogP) is 6.04. The van der Waals surface area contributed by atoms with E-state index in [-0.39, 0.29) is 11.4 Å². The molecule has 0 atom stereocenters. The van der Waals surface area contributed by atoms with Crippen LogP contribution >= 0.6 is 11.6 Å². The third kappa shape index (κ3) is 3.34. The summed E-state index contributed by atoms with van der Waals surface area (Å²) in [7, 11) is 1.44. The van der Waals surface area contributed by atoms with Crippen LogP contribution in [0.25, 0.3) is 11.1 Å². The van der Waals surface area contributed by atoms with Gasteiger partial charge in [0.1, 0.15) is 28.9 Å². The maximum absolute atomic E-state index is 14.5. The standard InChI is InChI=1S/C22H15ClF3NO2/c1-29-13-10-16(14-6-5-12(24)9-17(14)23)15-7-8-21(28)27(20(15)11-13)22-18(25)3-2-4-19(22)26/h2-6,9-11H,7-8H2,1H3. The van der Waals surface area contributed by atoms with E-state index in [0.717, 1.165) is 17.0 Å². The number of nitrogens with zero attached hydrogens (tertiary/aromatic N) is 1. The molecule has 3 aromatic rings. The maximum atomic E-state index is 14.5. The van der Waals surface area contributed by atoms with Gasteiger partial charge < -0.3 is 4.74 Å². The van der Waals surface area contributed by atoms with Gasteiger partial charge in [0.15, 0.2) is 0 Å². The Bertz CT molecular complexity index is 1110. The van der Waals surface area contributed by atoms with Crippen molar-refractivity contribution in [1.29, 1.82) is 0 Å². The highest BCUT2D eigenvalue weighted by atomic mass is 35.5. The normalized spacial score (nSPS) is 13.4. The minimum Gasteiger partial charge on any atom is -0.497 e. The average molecular weight is 418 g/mol. The number of ether oxygens (including phenoxy) is 1. The van der Waals surface area contributed by atoms with Gasteiger partial charge in [-0.25, -0.2) is 13.2 Å². The van der Waals surface area contributed by atoms with Gasteiger partial charge in [-0.15, -0.1) is 0 Å². The summed E-state index contributed by atoms with van der Waals surface area (Å²) in [5.41, 5.74) is 1.68. The van der Waals surface area contributed by atoms with Crippen molar-refractivity contribution in [2.75, 3.05) is 12.0 Å². The number of amides is 1. The van der Waals surface area contributed by atoms with Gasteiger partial charge in [-0.05, 0) is 53.9 Å². The molecule has 0 spiro atoms. The van der Waals surface area contributed by atoms with Crippen LogP contribution in [0.5, 0.6) is 5.75 Å². The quantitative estimate of drug-likeness (QED) is 0.519. The molecule has 1 heterocycles. The van der Waals surface area contributed by atoms with E-state index in [4.69, 9.17) is 16.3 Å². The minimum atomic E-state index is -0.851. The smallest absolute Gasteiger partial charge is 0.232 e. The molecule has 29 heavy (non-hydrogen) atoms. The molecule has 0 radical (unpaired) electrons. The number of para-hydroxylation sites is 1.